The van der Waals surface area contributed by atoms with Gasteiger partial charge in [-0.3, -0.25) is 9.48 Å². The number of carbonyl (C=O) groups excluding carboxylic acids is 1. The zero-order chi connectivity index (χ0) is 22.7. The summed E-state index contributed by atoms with van der Waals surface area (Å²) in [5.41, 5.74) is 0.453. The van der Waals surface area contributed by atoms with E-state index in [-0.39, 0.29) is 41.4 Å². The molecule has 0 saturated heterocycles. The Labute approximate surface area is 185 Å². The van der Waals surface area contributed by atoms with Crippen molar-refractivity contribution in [3.8, 4) is 5.75 Å². The summed E-state index contributed by atoms with van der Waals surface area (Å²) in [7, 11) is 0. The molecule has 2 heterocycles. The molecule has 1 amide bonds. The molecular formula is C21H15ClF3N5O2. The number of anilines is 1. The molecule has 0 aliphatic rings. The van der Waals surface area contributed by atoms with E-state index in [4.69, 9.17) is 16.3 Å². The van der Waals surface area contributed by atoms with Gasteiger partial charge in [0, 0.05) is 24.0 Å². The van der Waals surface area contributed by atoms with Crippen LogP contribution in [0.5, 0.6) is 5.75 Å². The number of ether oxygens (including phenoxy) is 1. The third-order valence-electron chi connectivity index (χ3n) is 4.36. The number of halogens is 4. The molecule has 0 aliphatic carbocycles. The molecule has 0 radical (unpaired) electrons. The van der Waals surface area contributed by atoms with E-state index in [1.807, 2.05) is 0 Å². The summed E-state index contributed by atoms with van der Waals surface area (Å²) in [6.07, 6.45) is 2.92. The molecule has 0 saturated carbocycles. The number of hydrogen-bond acceptors (Lipinski definition) is 4. The highest BCUT2D eigenvalue weighted by molar-refractivity contribution is 6.33. The van der Waals surface area contributed by atoms with E-state index in [9.17, 15) is 18.0 Å². The second-order valence-corrected chi connectivity index (χ2v) is 7.06. The Bertz CT molecular complexity index is 1270. The number of nitrogens with zero attached hydrogens (tertiary/aromatic N) is 4. The molecule has 0 aliphatic heterocycles. The van der Waals surface area contributed by atoms with Gasteiger partial charge in [-0.15, -0.1) is 0 Å². The zero-order valence-corrected chi connectivity index (χ0v) is 17.1. The largest absolute Gasteiger partial charge is 0.468 e. The van der Waals surface area contributed by atoms with Crippen molar-refractivity contribution in [1.29, 1.82) is 0 Å². The van der Waals surface area contributed by atoms with E-state index in [0.29, 0.717) is 11.6 Å². The Morgan fingerprint density at radius 3 is 2.62 bits per heavy atom. The minimum absolute atomic E-state index is 0.0351. The van der Waals surface area contributed by atoms with Crippen LogP contribution in [0.25, 0.3) is 0 Å². The van der Waals surface area contributed by atoms with Crippen molar-refractivity contribution in [3.05, 3.63) is 94.7 Å². The van der Waals surface area contributed by atoms with E-state index in [1.165, 1.54) is 33.9 Å². The van der Waals surface area contributed by atoms with Crippen molar-refractivity contribution >= 4 is 23.3 Å². The molecule has 2 aromatic heterocycles. The van der Waals surface area contributed by atoms with Crippen LogP contribution in [0.1, 0.15) is 16.1 Å². The van der Waals surface area contributed by atoms with Crippen molar-refractivity contribution in [2.75, 3.05) is 5.32 Å². The predicted octanol–water partition coefficient (Wildman–Crippen LogP) is 4.49. The topological polar surface area (TPSA) is 74.0 Å². The summed E-state index contributed by atoms with van der Waals surface area (Å²) in [5, 5.41) is 10.9. The smallest absolute Gasteiger partial charge is 0.277 e. The fourth-order valence-electron chi connectivity index (χ4n) is 2.82. The highest BCUT2D eigenvalue weighted by atomic mass is 35.5. The third-order valence-corrected chi connectivity index (χ3v) is 4.64. The summed E-state index contributed by atoms with van der Waals surface area (Å²) >= 11 is 6.13. The van der Waals surface area contributed by atoms with E-state index in [2.05, 4.69) is 15.5 Å². The van der Waals surface area contributed by atoms with Gasteiger partial charge < -0.3 is 10.1 Å². The Morgan fingerprint density at radius 1 is 1.03 bits per heavy atom. The molecule has 11 heteroatoms. The predicted molar refractivity (Wildman–Crippen MR) is 110 cm³/mol. The molecule has 7 nitrogen and oxygen atoms in total. The molecule has 4 aromatic rings. The standard InChI is InChI=1S/C21H15ClF3N5O2/c22-15-11-30(10-13-3-1-2-4-16(13)24)28-20(15)26-21(31)18-7-8-29(27-18)12-32-19-6-5-14(23)9-17(19)25/h1-9,11H,10,12H2,(H,26,28,31). The third kappa shape index (κ3) is 4.92. The quantitative estimate of drug-likeness (QED) is 0.440. The minimum atomic E-state index is -0.851. The van der Waals surface area contributed by atoms with Crippen LogP contribution in [0, 0.1) is 17.5 Å². The van der Waals surface area contributed by atoms with Crippen molar-refractivity contribution in [1.82, 2.24) is 19.6 Å². The van der Waals surface area contributed by atoms with Gasteiger partial charge in [-0.25, -0.2) is 17.9 Å². The lowest BCUT2D eigenvalue weighted by Gasteiger charge is -2.07. The van der Waals surface area contributed by atoms with Crippen LogP contribution in [-0.4, -0.2) is 25.5 Å². The first-order valence-electron chi connectivity index (χ1n) is 9.28. The molecule has 0 atom stereocenters. The van der Waals surface area contributed by atoms with Crippen LogP contribution < -0.4 is 10.1 Å². The summed E-state index contributed by atoms with van der Waals surface area (Å²) in [6.45, 7) is -0.0674. The molecule has 0 spiro atoms. The molecule has 164 valence electrons. The first-order chi connectivity index (χ1) is 15.4. The Morgan fingerprint density at radius 2 is 1.84 bits per heavy atom. The lowest BCUT2D eigenvalue weighted by molar-refractivity contribution is 0.101. The highest BCUT2D eigenvalue weighted by Crippen LogP contribution is 2.21. The number of carbonyl (C=O) groups is 1. The second kappa shape index (κ2) is 9.15. The number of rotatable bonds is 7. The van der Waals surface area contributed by atoms with Crippen molar-refractivity contribution < 1.29 is 22.7 Å². The maximum absolute atomic E-state index is 13.8. The van der Waals surface area contributed by atoms with Crippen LogP contribution in [0.15, 0.2) is 60.9 Å². The molecular weight excluding hydrogens is 447 g/mol. The summed E-state index contributed by atoms with van der Waals surface area (Å²) in [4.78, 5) is 12.5. The molecule has 0 fully saturated rings. The zero-order valence-electron chi connectivity index (χ0n) is 16.3. The van der Waals surface area contributed by atoms with E-state index in [1.54, 1.807) is 18.2 Å². The van der Waals surface area contributed by atoms with Gasteiger partial charge in [0.15, 0.2) is 29.8 Å². The number of benzene rings is 2. The first-order valence-corrected chi connectivity index (χ1v) is 9.66. The average Bonchev–Trinajstić information content (AvgIpc) is 3.36. The second-order valence-electron chi connectivity index (χ2n) is 6.66. The summed E-state index contributed by atoms with van der Waals surface area (Å²) < 4.78 is 48.3. The Hall–Kier alpha value is -3.79. The molecule has 0 bridgehead atoms. The van der Waals surface area contributed by atoms with Gasteiger partial charge >= 0.3 is 0 Å². The normalized spacial score (nSPS) is 10.9. The average molecular weight is 462 g/mol. The number of hydrogen-bond donors (Lipinski definition) is 1. The van der Waals surface area contributed by atoms with Crippen molar-refractivity contribution in [2.24, 2.45) is 0 Å². The van der Waals surface area contributed by atoms with Crippen LogP contribution >= 0.6 is 11.6 Å². The molecule has 0 unspecified atom stereocenters. The van der Waals surface area contributed by atoms with Gasteiger partial charge in [-0.2, -0.15) is 10.2 Å². The number of nitrogens with one attached hydrogen (secondary N) is 1. The number of aromatic nitrogens is 4. The maximum atomic E-state index is 13.8. The van der Waals surface area contributed by atoms with Crippen LogP contribution in [0.3, 0.4) is 0 Å². The molecule has 4 rings (SSSR count). The van der Waals surface area contributed by atoms with Gasteiger partial charge in [0.1, 0.15) is 16.7 Å². The fourth-order valence-corrected chi connectivity index (χ4v) is 3.02. The lowest BCUT2D eigenvalue weighted by atomic mass is 10.2. The molecule has 32 heavy (non-hydrogen) atoms. The van der Waals surface area contributed by atoms with Crippen molar-refractivity contribution in [2.45, 2.75) is 13.3 Å². The van der Waals surface area contributed by atoms with Crippen LogP contribution in [-0.2, 0) is 13.3 Å². The summed E-state index contributed by atoms with van der Waals surface area (Å²) in [5.74, 6) is -2.60. The van der Waals surface area contributed by atoms with Crippen molar-refractivity contribution in [3.63, 3.8) is 0 Å². The van der Waals surface area contributed by atoms with Crippen LogP contribution in [0.2, 0.25) is 5.02 Å². The number of amides is 1. The van der Waals surface area contributed by atoms with E-state index < -0.39 is 17.5 Å². The maximum Gasteiger partial charge on any atom is 0.277 e. The van der Waals surface area contributed by atoms with Gasteiger partial charge in [0.2, 0.25) is 0 Å². The monoisotopic (exact) mass is 461 g/mol. The van der Waals surface area contributed by atoms with Gasteiger partial charge in [-0.05, 0) is 24.3 Å². The Balaban J connectivity index is 1.39. The lowest BCUT2D eigenvalue weighted by Crippen LogP contribution is -2.15. The Kier molecular flexibility index (Phi) is 6.13. The summed E-state index contributed by atoms with van der Waals surface area (Å²) in [6, 6.07) is 10.6. The van der Waals surface area contributed by atoms with Gasteiger partial charge in [0.05, 0.1) is 6.54 Å². The molecule has 2 aromatic carbocycles. The van der Waals surface area contributed by atoms with Gasteiger partial charge in [-0.1, -0.05) is 29.8 Å². The SMILES string of the molecule is O=C(Nc1nn(Cc2ccccc2F)cc1Cl)c1ccn(COc2ccc(F)cc2F)n1. The van der Waals surface area contributed by atoms with Gasteiger partial charge in [0.25, 0.3) is 5.91 Å². The fraction of sp³-hybridized carbons (Fsp3) is 0.0952. The van der Waals surface area contributed by atoms with E-state index in [0.717, 1.165) is 12.1 Å². The molecule has 1 N–H and O–H groups in total. The minimum Gasteiger partial charge on any atom is -0.468 e. The first kappa shape index (κ1) is 21.4. The van der Waals surface area contributed by atoms with Crippen LogP contribution in [0.4, 0.5) is 19.0 Å². The highest BCUT2D eigenvalue weighted by Gasteiger charge is 2.16. The van der Waals surface area contributed by atoms with E-state index >= 15 is 0 Å².